The molecule has 1 aromatic carbocycles. The normalized spacial score (nSPS) is 18.6. The number of hydrogen-bond donors (Lipinski definition) is 5. The van der Waals surface area contributed by atoms with Crippen molar-refractivity contribution < 1.29 is 29.4 Å². The predicted octanol–water partition coefficient (Wildman–Crippen LogP) is -0.0856. The van der Waals surface area contributed by atoms with Crippen LogP contribution in [0.4, 0.5) is 0 Å². The summed E-state index contributed by atoms with van der Waals surface area (Å²) in [5.41, 5.74) is 0.417. The van der Waals surface area contributed by atoms with Crippen molar-refractivity contribution in [2.24, 2.45) is 7.05 Å². The zero-order chi connectivity index (χ0) is 30.1. The molecule has 2 aliphatic heterocycles. The number of benzene rings is 1. The van der Waals surface area contributed by atoms with Crippen molar-refractivity contribution in [1.29, 1.82) is 0 Å². The quantitative estimate of drug-likeness (QED) is 0.159. The molecular formula is C25H24N8O7S2. The smallest absolute Gasteiger partial charge is 0.352 e. The molecule has 3 amide bonds. The van der Waals surface area contributed by atoms with Crippen LogP contribution in [0.5, 0.6) is 5.75 Å². The Labute approximate surface area is 245 Å². The second-order valence-electron chi connectivity index (χ2n) is 9.42. The van der Waals surface area contributed by atoms with Crippen LogP contribution in [-0.2, 0) is 21.4 Å². The first-order chi connectivity index (χ1) is 20.0. The molecule has 2 aromatic heterocycles. The summed E-state index contributed by atoms with van der Waals surface area (Å²) in [6.45, 7) is 1.65. The third kappa shape index (κ3) is 5.60. The maximum atomic E-state index is 13.5. The average molecular weight is 613 g/mol. The maximum Gasteiger partial charge on any atom is 0.352 e. The van der Waals surface area contributed by atoms with Crippen molar-refractivity contribution in [3.05, 3.63) is 74.8 Å². The molecule has 17 heteroatoms. The van der Waals surface area contributed by atoms with Gasteiger partial charge in [0.1, 0.15) is 34.5 Å². The molecular weight excluding hydrogens is 588 g/mol. The second kappa shape index (κ2) is 11.7. The Kier molecular flexibility index (Phi) is 8.04. The molecule has 4 heterocycles. The Morgan fingerprint density at radius 1 is 1.24 bits per heavy atom. The van der Waals surface area contributed by atoms with E-state index in [4.69, 9.17) is 0 Å². The number of phenols is 1. The van der Waals surface area contributed by atoms with E-state index in [2.05, 4.69) is 31.1 Å². The number of carbonyl (C=O) groups is 4. The highest BCUT2D eigenvalue weighted by molar-refractivity contribution is 8.01. The number of H-pyrrole nitrogens is 1. The SMILES string of the molecule is Cc1cc(=O)c(C(=O)NC(C(=O)NC2C(=O)N3C(C(=O)O)=C(CSc4nnnn4C)CSC23)c2ccc(O)cc2)c[nH]1. The van der Waals surface area contributed by atoms with Crippen LogP contribution in [0.15, 0.2) is 57.7 Å². The lowest BCUT2D eigenvalue weighted by Gasteiger charge is -2.49. The van der Waals surface area contributed by atoms with E-state index in [1.807, 2.05) is 0 Å². The van der Waals surface area contributed by atoms with Gasteiger partial charge in [0, 0.05) is 36.5 Å². The fourth-order valence-electron chi connectivity index (χ4n) is 4.45. The van der Waals surface area contributed by atoms with E-state index in [-0.39, 0.29) is 34.1 Å². The van der Waals surface area contributed by atoms with E-state index >= 15 is 0 Å². The van der Waals surface area contributed by atoms with E-state index in [0.29, 0.717) is 16.4 Å². The van der Waals surface area contributed by atoms with Crippen molar-refractivity contribution in [2.75, 3.05) is 11.5 Å². The minimum atomic E-state index is -1.34. The number of amides is 3. The van der Waals surface area contributed by atoms with Crippen molar-refractivity contribution in [1.82, 2.24) is 40.7 Å². The van der Waals surface area contributed by atoms with E-state index in [1.165, 1.54) is 64.7 Å². The summed E-state index contributed by atoms with van der Waals surface area (Å²) in [4.78, 5) is 68.1. The first-order valence-corrected chi connectivity index (χ1v) is 14.4. The van der Waals surface area contributed by atoms with Gasteiger partial charge in [-0.3, -0.25) is 24.1 Å². The van der Waals surface area contributed by atoms with Crippen LogP contribution in [-0.4, -0.2) is 86.9 Å². The largest absolute Gasteiger partial charge is 0.508 e. The number of pyridine rings is 1. The number of fused-ring (bicyclic) bond motifs is 1. The number of nitrogens with one attached hydrogen (secondary N) is 3. The number of carboxylic acids is 1. The van der Waals surface area contributed by atoms with Crippen LogP contribution < -0.4 is 16.1 Å². The Morgan fingerprint density at radius 2 is 1.98 bits per heavy atom. The zero-order valence-corrected chi connectivity index (χ0v) is 23.7. The zero-order valence-electron chi connectivity index (χ0n) is 22.1. The minimum Gasteiger partial charge on any atom is -0.508 e. The van der Waals surface area contributed by atoms with E-state index in [1.54, 1.807) is 14.0 Å². The van der Waals surface area contributed by atoms with Gasteiger partial charge in [-0.2, -0.15) is 0 Å². The van der Waals surface area contributed by atoms with Gasteiger partial charge in [0.25, 0.3) is 11.8 Å². The van der Waals surface area contributed by atoms with Crippen molar-refractivity contribution in [3.63, 3.8) is 0 Å². The molecule has 5 rings (SSSR count). The molecule has 1 fully saturated rings. The first kappa shape index (κ1) is 28.9. The molecule has 3 aromatic rings. The number of tetrazole rings is 1. The number of nitrogens with zero attached hydrogens (tertiary/aromatic N) is 5. The number of hydrogen-bond acceptors (Lipinski definition) is 11. The number of carboxylic acid groups (broad SMARTS) is 1. The van der Waals surface area contributed by atoms with Crippen LogP contribution in [0.1, 0.15) is 27.7 Å². The number of carbonyl (C=O) groups excluding carboxylic acids is 3. The first-order valence-electron chi connectivity index (χ1n) is 12.4. The standard InChI is InChI=1S/C25H24N8O7S2/c1-11-7-16(35)15(8-26-11)20(36)27-17(12-3-5-14(34)6-4-12)21(37)28-18-22(38)33-19(24(39)40)13(9-41-23(18)33)10-42-25-29-30-31-32(25)2/h3-8,17-18,23,34H,9-10H2,1-2H3,(H,26,35)(H,27,36)(H,28,37)(H,39,40). The van der Waals surface area contributed by atoms with Crippen LogP contribution in [0.25, 0.3) is 0 Å². The maximum absolute atomic E-state index is 13.5. The van der Waals surface area contributed by atoms with Gasteiger partial charge in [0.2, 0.25) is 11.1 Å². The lowest BCUT2D eigenvalue weighted by Crippen LogP contribution is -2.71. The van der Waals surface area contributed by atoms with Gasteiger partial charge < -0.3 is 25.8 Å². The summed E-state index contributed by atoms with van der Waals surface area (Å²) < 4.78 is 1.45. The van der Waals surface area contributed by atoms with Crippen LogP contribution in [0.2, 0.25) is 0 Å². The molecule has 15 nitrogen and oxygen atoms in total. The molecule has 0 spiro atoms. The van der Waals surface area contributed by atoms with Gasteiger partial charge in [-0.15, -0.1) is 16.9 Å². The van der Waals surface area contributed by atoms with Gasteiger partial charge in [0.15, 0.2) is 5.43 Å². The van der Waals surface area contributed by atoms with Crippen molar-refractivity contribution in [2.45, 2.75) is 29.5 Å². The third-order valence-electron chi connectivity index (χ3n) is 6.57. The van der Waals surface area contributed by atoms with Gasteiger partial charge in [-0.1, -0.05) is 23.9 Å². The van der Waals surface area contributed by atoms with Gasteiger partial charge in [0.05, 0.1) is 0 Å². The summed E-state index contributed by atoms with van der Waals surface area (Å²) in [5, 5.41) is 35.8. The number of aromatic nitrogens is 5. The predicted molar refractivity (Wildman–Crippen MR) is 149 cm³/mol. The molecule has 5 N–H and O–H groups in total. The molecule has 42 heavy (non-hydrogen) atoms. The Bertz CT molecular complexity index is 1670. The highest BCUT2D eigenvalue weighted by Crippen LogP contribution is 2.41. The molecule has 0 radical (unpaired) electrons. The summed E-state index contributed by atoms with van der Waals surface area (Å²) in [7, 11) is 1.65. The Balaban J connectivity index is 1.34. The molecule has 0 bridgehead atoms. The van der Waals surface area contributed by atoms with Crippen molar-refractivity contribution in [3.8, 4) is 5.75 Å². The Morgan fingerprint density at radius 3 is 2.62 bits per heavy atom. The van der Waals surface area contributed by atoms with E-state index in [9.17, 15) is 34.2 Å². The third-order valence-corrected chi connectivity index (χ3v) is 9.01. The number of aryl methyl sites for hydroxylation is 2. The van der Waals surface area contributed by atoms with E-state index < -0.39 is 46.6 Å². The fourth-order valence-corrected chi connectivity index (χ4v) is 6.79. The van der Waals surface area contributed by atoms with Crippen LogP contribution in [0.3, 0.4) is 0 Å². The lowest BCUT2D eigenvalue weighted by atomic mass is 10.0. The number of thioether (sulfide) groups is 2. The Hall–Kier alpha value is -4.64. The number of aliphatic carboxylic acids is 1. The molecule has 3 atom stereocenters. The lowest BCUT2D eigenvalue weighted by molar-refractivity contribution is -0.151. The minimum absolute atomic E-state index is 0.0694. The van der Waals surface area contributed by atoms with Gasteiger partial charge in [-0.25, -0.2) is 9.48 Å². The number of aromatic hydroxyl groups is 1. The number of aromatic amines is 1. The van der Waals surface area contributed by atoms with Crippen molar-refractivity contribution >= 4 is 47.2 Å². The fraction of sp³-hybridized carbons (Fsp3) is 0.280. The molecule has 2 aliphatic rings. The number of phenolic OH excluding ortho intramolecular Hbond substituents is 1. The summed E-state index contributed by atoms with van der Waals surface area (Å²) in [5.74, 6) is -3.02. The molecule has 0 aliphatic carbocycles. The topological polar surface area (TPSA) is 212 Å². The van der Waals surface area contributed by atoms with E-state index in [0.717, 1.165) is 4.90 Å². The molecule has 218 valence electrons. The molecule has 0 saturated carbocycles. The molecule has 1 saturated heterocycles. The molecule has 3 unspecified atom stereocenters. The van der Waals surface area contributed by atoms with Crippen LogP contribution >= 0.6 is 23.5 Å². The van der Waals surface area contributed by atoms with Gasteiger partial charge in [-0.05, 0) is 40.6 Å². The van der Waals surface area contributed by atoms with Crippen LogP contribution in [0, 0.1) is 6.92 Å². The second-order valence-corrected chi connectivity index (χ2v) is 11.5. The van der Waals surface area contributed by atoms with Gasteiger partial charge >= 0.3 is 5.97 Å². The summed E-state index contributed by atoms with van der Waals surface area (Å²) in [6.07, 6.45) is 1.24. The summed E-state index contributed by atoms with van der Waals surface area (Å²) in [6, 6.07) is 4.35. The highest BCUT2D eigenvalue weighted by Gasteiger charge is 2.54. The summed E-state index contributed by atoms with van der Waals surface area (Å²) >= 11 is 2.52. The average Bonchev–Trinajstić information content (AvgIpc) is 3.37. The number of β-lactam (4-membered cyclic amide) rings is 1. The monoisotopic (exact) mass is 612 g/mol. The number of rotatable bonds is 9. The highest BCUT2D eigenvalue weighted by atomic mass is 32.2.